The highest BCUT2D eigenvalue weighted by Gasteiger charge is 2.38. The van der Waals surface area contributed by atoms with E-state index in [1.807, 2.05) is 60.7 Å². The Bertz CT molecular complexity index is 659. The lowest BCUT2D eigenvalue weighted by molar-refractivity contribution is -0.131. The molecule has 0 radical (unpaired) electrons. The van der Waals surface area contributed by atoms with Gasteiger partial charge >= 0.3 is 0 Å². The first kappa shape index (κ1) is 16.5. The monoisotopic (exact) mass is 325 g/mol. The van der Waals surface area contributed by atoms with E-state index in [9.17, 15) is 9.90 Å². The van der Waals surface area contributed by atoms with Gasteiger partial charge in [0.15, 0.2) is 0 Å². The third-order valence-corrected chi connectivity index (χ3v) is 4.41. The zero-order chi connectivity index (χ0) is 16.8. The number of ether oxygens (including phenoxy) is 1. The van der Waals surface area contributed by atoms with E-state index in [4.69, 9.17) is 4.74 Å². The fourth-order valence-electron chi connectivity index (χ4n) is 2.98. The van der Waals surface area contributed by atoms with E-state index in [1.54, 1.807) is 4.90 Å². The van der Waals surface area contributed by atoms with Crippen molar-refractivity contribution in [1.82, 2.24) is 4.90 Å². The van der Waals surface area contributed by atoms with Crippen LogP contribution >= 0.6 is 0 Å². The maximum absolute atomic E-state index is 12.4. The molecule has 126 valence electrons. The molecule has 24 heavy (non-hydrogen) atoms. The number of carbonyl (C=O) groups is 1. The number of para-hydroxylation sites is 1. The molecule has 0 saturated carbocycles. The van der Waals surface area contributed by atoms with Gasteiger partial charge in [0.1, 0.15) is 18.0 Å². The molecule has 1 amide bonds. The van der Waals surface area contributed by atoms with E-state index in [2.05, 4.69) is 0 Å². The van der Waals surface area contributed by atoms with E-state index < -0.39 is 5.60 Å². The van der Waals surface area contributed by atoms with Crippen molar-refractivity contribution in [2.75, 3.05) is 19.7 Å². The average molecular weight is 325 g/mol. The Morgan fingerprint density at radius 1 is 1.08 bits per heavy atom. The number of rotatable bonds is 6. The summed E-state index contributed by atoms with van der Waals surface area (Å²) in [5, 5.41) is 10.6. The molecule has 1 atom stereocenters. The van der Waals surface area contributed by atoms with Gasteiger partial charge in [-0.15, -0.1) is 0 Å². The standard InChI is InChI=1S/C20H23NO3/c22-19(12-11-17-7-3-1-4-8-17)21-14-13-20(23,15-21)16-24-18-9-5-2-6-10-18/h1-10,23H,11-16H2/t20-/m0/s1. The molecular weight excluding hydrogens is 302 g/mol. The van der Waals surface area contributed by atoms with Crippen LogP contribution in [-0.2, 0) is 11.2 Å². The number of amides is 1. The van der Waals surface area contributed by atoms with Crippen LogP contribution in [0.5, 0.6) is 5.75 Å². The highest BCUT2D eigenvalue weighted by molar-refractivity contribution is 5.77. The third-order valence-electron chi connectivity index (χ3n) is 4.41. The molecule has 1 N–H and O–H groups in total. The molecule has 2 aromatic rings. The van der Waals surface area contributed by atoms with Crippen molar-refractivity contribution < 1.29 is 14.6 Å². The Morgan fingerprint density at radius 2 is 1.75 bits per heavy atom. The van der Waals surface area contributed by atoms with Gasteiger partial charge in [0.05, 0.1) is 6.54 Å². The summed E-state index contributed by atoms with van der Waals surface area (Å²) in [4.78, 5) is 14.1. The summed E-state index contributed by atoms with van der Waals surface area (Å²) in [5.41, 5.74) is 0.200. The summed E-state index contributed by atoms with van der Waals surface area (Å²) in [6.45, 7) is 1.13. The summed E-state index contributed by atoms with van der Waals surface area (Å²) in [6.07, 6.45) is 1.76. The molecule has 3 rings (SSSR count). The van der Waals surface area contributed by atoms with Crippen LogP contribution in [0.3, 0.4) is 0 Å². The van der Waals surface area contributed by atoms with Crippen molar-refractivity contribution in [1.29, 1.82) is 0 Å². The minimum atomic E-state index is -0.960. The van der Waals surface area contributed by atoms with Crippen LogP contribution in [0.4, 0.5) is 0 Å². The molecule has 1 aliphatic rings. The van der Waals surface area contributed by atoms with Crippen molar-refractivity contribution >= 4 is 5.91 Å². The molecule has 2 aromatic carbocycles. The second kappa shape index (κ2) is 7.49. The van der Waals surface area contributed by atoms with Crippen LogP contribution in [0.2, 0.25) is 0 Å². The molecule has 0 spiro atoms. The Labute approximate surface area is 142 Å². The van der Waals surface area contributed by atoms with Crippen LogP contribution in [-0.4, -0.2) is 41.2 Å². The molecular formula is C20H23NO3. The fourth-order valence-corrected chi connectivity index (χ4v) is 2.98. The maximum Gasteiger partial charge on any atom is 0.223 e. The van der Waals surface area contributed by atoms with Crippen molar-refractivity contribution in [3.05, 3.63) is 66.2 Å². The maximum atomic E-state index is 12.4. The molecule has 4 heteroatoms. The van der Waals surface area contributed by atoms with E-state index in [-0.39, 0.29) is 12.5 Å². The Balaban J connectivity index is 1.47. The van der Waals surface area contributed by atoms with Crippen molar-refractivity contribution in [3.63, 3.8) is 0 Å². The molecule has 0 bridgehead atoms. The zero-order valence-electron chi connectivity index (χ0n) is 13.7. The minimum Gasteiger partial charge on any atom is -0.491 e. The number of hydrogen-bond acceptors (Lipinski definition) is 3. The van der Waals surface area contributed by atoms with Gasteiger partial charge < -0.3 is 14.7 Å². The number of likely N-dealkylation sites (tertiary alicyclic amines) is 1. The van der Waals surface area contributed by atoms with E-state index in [0.29, 0.717) is 25.9 Å². The summed E-state index contributed by atoms with van der Waals surface area (Å²) in [6, 6.07) is 19.4. The lowest BCUT2D eigenvalue weighted by Crippen LogP contribution is -2.40. The average Bonchev–Trinajstić information content (AvgIpc) is 3.03. The number of aryl methyl sites for hydroxylation is 1. The molecule has 1 aliphatic heterocycles. The van der Waals surface area contributed by atoms with E-state index in [0.717, 1.165) is 17.7 Å². The second-order valence-corrected chi connectivity index (χ2v) is 6.38. The molecule has 0 aromatic heterocycles. The number of carbonyl (C=O) groups excluding carboxylic acids is 1. The molecule has 1 fully saturated rings. The minimum absolute atomic E-state index is 0.0921. The van der Waals surface area contributed by atoms with Gasteiger partial charge in [-0.05, 0) is 30.5 Å². The predicted octanol–water partition coefficient (Wildman–Crippen LogP) is 2.66. The fraction of sp³-hybridized carbons (Fsp3) is 0.350. The zero-order valence-corrected chi connectivity index (χ0v) is 13.7. The lowest BCUT2D eigenvalue weighted by atomic mass is 10.1. The van der Waals surface area contributed by atoms with Gasteiger partial charge in [0.2, 0.25) is 5.91 Å². The predicted molar refractivity (Wildman–Crippen MR) is 92.8 cm³/mol. The SMILES string of the molecule is O=C(CCc1ccccc1)N1CC[C@@](O)(COc2ccccc2)C1. The molecule has 1 saturated heterocycles. The van der Waals surface area contributed by atoms with Crippen molar-refractivity contribution in [3.8, 4) is 5.75 Å². The number of aliphatic hydroxyl groups is 1. The van der Waals surface area contributed by atoms with Crippen molar-refractivity contribution in [2.45, 2.75) is 24.9 Å². The summed E-state index contributed by atoms with van der Waals surface area (Å²) in [7, 11) is 0. The van der Waals surface area contributed by atoms with Crippen LogP contribution in [0.15, 0.2) is 60.7 Å². The van der Waals surface area contributed by atoms with Gasteiger partial charge in [-0.25, -0.2) is 0 Å². The van der Waals surface area contributed by atoms with Gasteiger partial charge in [-0.1, -0.05) is 48.5 Å². The number of β-amino-alcohol motifs (C(OH)–C–C–N with tert-alkyl or cyclic N) is 1. The first-order chi connectivity index (χ1) is 11.6. The van der Waals surface area contributed by atoms with Crippen LogP contribution in [0.25, 0.3) is 0 Å². The van der Waals surface area contributed by atoms with Gasteiger partial charge in [0.25, 0.3) is 0 Å². The summed E-state index contributed by atoms with van der Waals surface area (Å²) < 4.78 is 5.66. The topological polar surface area (TPSA) is 49.8 Å². The molecule has 1 heterocycles. The van der Waals surface area contributed by atoms with E-state index >= 15 is 0 Å². The molecule has 4 nitrogen and oxygen atoms in total. The highest BCUT2D eigenvalue weighted by atomic mass is 16.5. The quantitative estimate of drug-likeness (QED) is 0.888. The largest absolute Gasteiger partial charge is 0.491 e. The highest BCUT2D eigenvalue weighted by Crippen LogP contribution is 2.23. The smallest absolute Gasteiger partial charge is 0.223 e. The Hall–Kier alpha value is -2.33. The molecule has 0 unspecified atom stereocenters. The Kier molecular flexibility index (Phi) is 5.16. The van der Waals surface area contributed by atoms with Crippen LogP contribution in [0.1, 0.15) is 18.4 Å². The number of benzene rings is 2. The van der Waals surface area contributed by atoms with Gasteiger partial charge in [0, 0.05) is 13.0 Å². The number of nitrogens with zero attached hydrogens (tertiary/aromatic N) is 1. The first-order valence-electron chi connectivity index (χ1n) is 8.37. The van der Waals surface area contributed by atoms with Gasteiger partial charge in [-0.3, -0.25) is 4.79 Å². The first-order valence-corrected chi connectivity index (χ1v) is 8.37. The summed E-state index contributed by atoms with van der Waals surface area (Å²) >= 11 is 0. The summed E-state index contributed by atoms with van der Waals surface area (Å²) in [5.74, 6) is 0.828. The van der Waals surface area contributed by atoms with E-state index in [1.165, 1.54) is 0 Å². The molecule has 0 aliphatic carbocycles. The Morgan fingerprint density at radius 3 is 2.46 bits per heavy atom. The van der Waals surface area contributed by atoms with Gasteiger partial charge in [-0.2, -0.15) is 0 Å². The second-order valence-electron chi connectivity index (χ2n) is 6.38. The normalized spacial score (nSPS) is 20.1. The third kappa shape index (κ3) is 4.36. The van der Waals surface area contributed by atoms with Crippen LogP contribution < -0.4 is 4.74 Å². The van der Waals surface area contributed by atoms with Crippen molar-refractivity contribution in [2.24, 2.45) is 0 Å². The van der Waals surface area contributed by atoms with Crippen LogP contribution in [0, 0.1) is 0 Å². The number of hydrogen-bond donors (Lipinski definition) is 1. The lowest BCUT2D eigenvalue weighted by Gasteiger charge is -2.23.